The predicted octanol–water partition coefficient (Wildman–Crippen LogP) is 3.71. The van der Waals surface area contributed by atoms with E-state index in [-0.39, 0.29) is 17.8 Å². The third-order valence-corrected chi connectivity index (χ3v) is 6.75. The van der Waals surface area contributed by atoms with E-state index in [0.29, 0.717) is 29.3 Å². The van der Waals surface area contributed by atoms with Crippen molar-refractivity contribution in [1.29, 1.82) is 0 Å². The van der Waals surface area contributed by atoms with Crippen LogP contribution in [0.4, 0.5) is 5.69 Å². The fraction of sp³-hybridized carbons (Fsp3) is 0.500. The van der Waals surface area contributed by atoms with E-state index in [1.165, 1.54) is 0 Å². The second kappa shape index (κ2) is 10.0. The average Bonchev–Trinajstić information content (AvgIpc) is 3.19. The number of carbonyl (C=O) groups excluding carboxylic acids is 1. The molecule has 1 N–H and O–H groups in total. The number of pyridine rings is 1. The first-order valence-electron chi connectivity index (χ1n) is 11.9. The molecule has 3 heterocycles. The van der Waals surface area contributed by atoms with E-state index < -0.39 is 0 Å². The Bertz CT molecular complexity index is 1250. The fourth-order valence-corrected chi connectivity index (χ4v) is 5.08. The molecule has 8 heteroatoms. The SMILES string of the molecule is CCN(c1c(C)c(C(=O)CCc2c(OC)cc(C)[nH]c2=O)cc2cn(C)nc12)C1CCOCC1. The normalized spacial score (nSPS) is 14.5. The van der Waals surface area contributed by atoms with E-state index in [0.717, 1.165) is 60.4 Å². The summed E-state index contributed by atoms with van der Waals surface area (Å²) in [5, 5.41) is 5.69. The number of carbonyl (C=O) groups is 1. The van der Waals surface area contributed by atoms with Gasteiger partial charge < -0.3 is 19.4 Å². The quantitative estimate of drug-likeness (QED) is 0.509. The molecule has 2 aromatic heterocycles. The Balaban J connectivity index is 1.71. The summed E-state index contributed by atoms with van der Waals surface area (Å²) in [5.74, 6) is 0.528. The number of fused-ring (bicyclic) bond motifs is 1. The number of H-pyrrole nitrogens is 1. The molecular formula is C26H34N4O4. The van der Waals surface area contributed by atoms with Gasteiger partial charge in [-0.3, -0.25) is 14.3 Å². The number of aromatic nitrogens is 3. The number of hydrogen-bond acceptors (Lipinski definition) is 6. The van der Waals surface area contributed by atoms with Gasteiger partial charge in [-0.15, -0.1) is 0 Å². The van der Waals surface area contributed by atoms with Crippen molar-refractivity contribution < 1.29 is 14.3 Å². The van der Waals surface area contributed by atoms with Gasteiger partial charge in [-0.1, -0.05) is 0 Å². The molecule has 3 aromatic rings. The van der Waals surface area contributed by atoms with E-state index in [2.05, 4.69) is 16.8 Å². The van der Waals surface area contributed by atoms with Gasteiger partial charge >= 0.3 is 0 Å². The molecule has 8 nitrogen and oxygen atoms in total. The lowest BCUT2D eigenvalue weighted by Gasteiger charge is -2.36. The van der Waals surface area contributed by atoms with E-state index in [1.807, 2.05) is 33.2 Å². The summed E-state index contributed by atoms with van der Waals surface area (Å²) < 4.78 is 12.8. The minimum Gasteiger partial charge on any atom is -0.496 e. The number of aryl methyl sites for hydroxylation is 2. The Labute approximate surface area is 199 Å². The third kappa shape index (κ3) is 4.59. The number of methoxy groups -OCH3 is 1. The van der Waals surface area contributed by atoms with Crippen LogP contribution < -0.4 is 15.2 Å². The average molecular weight is 467 g/mol. The lowest BCUT2D eigenvalue weighted by atomic mass is 9.94. The van der Waals surface area contributed by atoms with E-state index in [1.54, 1.807) is 17.9 Å². The number of ether oxygens (including phenoxy) is 2. The van der Waals surface area contributed by atoms with Gasteiger partial charge in [0.25, 0.3) is 5.56 Å². The smallest absolute Gasteiger partial charge is 0.255 e. The molecule has 0 saturated carbocycles. The van der Waals surface area contributed by atoms with Crippen LogP contribution in [0.3, 0.4) is 0 Å². The Kier molecular flexibility index (Phi) is 7.07. The van der Waals surface area contributed by atoms with Gasteiger partial charge in [-0.2, -0.15) is 5.10 Å². The van der Waals surface area contributed by atoms with Crippen LogP contribution in [0.25, 0.3) is 10.9 Å². The second-order valence-electron chi connectivity index (χ2n) is 9.02. The number of nitrogens with one attached hydrogen (secondary N) is 1. The van der Waals surface area contributed by atoms with E-state index in [9.17, 15) is 9.59 Å². The number of aromatic amines is 1. The number of benzene rings is 1. The Morgan fingerprint density at radius 1 is 1.29 bits per heavy atom. The molecule has 0 bridgehead atoms. The van der Waals surface area contributed by atoms with Crippen molar-refractivity contribution in [3.8, 4) is 5.75 Å². The largest absolute Gasteiger partial charge is 0.496 e. The van der Waals surface area contributed by atoms with E-state index >= 15 is 0 Å². The lowest BCUT2D eigenvalue weighted by molar-refractivity contribution is 0.0846. The highest BCUT2D eigenvalue weighted by Gasteiger charge is 2.27. The molecule has 182 valence electrons. The predicted molar refractivity (Wildman–Crippen MR) is 133 cm³/mol. The van der Waals surface area contributed by atoms with Crippen LogP contribution in [0.15, 0.2) is 23.1 Å². The molecule has 1 fully saturated rings. The molecule has 0 amide bonds. The summed E-state index contributed by atoms with van der Waals surface area (Å²) in [6, 6.07) is 4.08. The van der Waals surface area contributed by atoms with Gasteiger partial charge in [-0.25, -0.2) is 0 Å². The first kappa shape index (κ1) is 24.0. The maximum Gasteiger partial charge on any atom is 0.255 e. The number of anilines is 1. The molecule has 0 spiro atoms. The maximum absolute atomic E-state index is 13.5. The monoisotopic (exact) mass is 466 g/mol. The molecule has 34 heavy (non-hydrogen) atoms. The number of nitrogens with zero attached hydrogens (tertiary/aromatic N) is 3. The van der Waals surface area contributed by atoms with E-state index in [4.69, 9.17) is 14.6 Å². The molecule has 4 rings (SSSR count). The zero-order chi connectivity index (χ0) is 24.4. The van der Waals surface area contributed by atoms with Crippen LogP contribution in [0.2, 0.25) is 0 Å². The van der Waals surface area contributed by atoms with Gasteiger partial charge in [-0.05, 0) is 57.7 Å². The molecule has 1 aromatic carbocycles. The summed E-state index contributed by atoms with van der Waals surface area (Å²) in [6.07, 6.45) is 4.40. The zero-order valence-electron chi connectivity index (χ0n) is 20.7. The highest BCUT2D eigenvalue weighted by molar-refractivity contribution is 6.05. The Morgan fingerprint density at radius 2 is 2.03 bits per heavy atom. The van der Waals surface area contributed by atoms with Gasteiger partial charge in [0.2, 0.25) is 0 Å². The van der Waals surface area contributed by atoms with Crippen LogP contribution in [0.5, 0.6) is 5.75 Å². The molecule has 0 atom stereocenters. The number of ketones is 1. The first-order valence-corrected chi connectivity index (χ1v) is 11.9. The van der Waals surface area contributed by atoms with Crippen LogP contribution in [0, 0.1) is 13.8 Å². The van der Waals surface area contributed by atoms with Gasteiger partial charge in [0.1, 0.15) is 11.3 Å². The molecule has 1 aliphatic heterocycles. The summed E-state index contributed by atoms with van der Waals surface area (Å²) in [5.41, 5.74) is 4.59. The summed E-state index contributed by atoms with van der Waals surface area (Å²) in [7, 11) is 3.45. The van der Waals surface area contributed by atoms with Gasteiger partial charge in [0.15, 0.2) is 5.78 Å². The molecular weight excluding hydrogens is 432 g/mol. The minimum atomic E-state index is -0.207. The van der Waals surface area contributed by atoms with Crippen LogP contribution in [0.1, 0.15) is 53.4 Å². The standard InChI is InChI=1S/C26H34N4O4/c1-6-30(19-9-11-34-12-10-19)25-17(3)21(14-18-15-29(4)28-24(18)25)22(31)8-7-20-23(33-5)13-16(2)27-26(20)32/h13-15,19H,6-12H2,1-5H3,(H,27,32). The molecule has 0 radical (unpaired) electrons. The highest BCUT2D eigenvalue weighted by Crippen LogP contribution is 2.36. The highest BCUT2D eigenvalue weighted by atomic mass is 16.5. The van der Waals surface area contributed by atoms with Crippen LogP contribution in [-0.4, -0.2) is 53.5 Å². The fourth-order valence-electron chi connectivity index (χ4n) is 5.08. The second-order valence-corrected chi connectivity index (χ2v) is 9.02. The van der Waals surface area contributed by atoms with Gasteiger partial charge in [0.05, 0.1) is 18.4 Å². The maximum atomic E-state index is 13.5. The molecule has 0 aliphatic carbocycles. The van der Waals surface area contributed by atoms with Crippen molar-refractivity contribution in [2.24, 2.45) is 7.05 Å². The molecule has 0 unspecified atom stereocenters. The zero-order valence-corrected chi connectivity index (χ0v) is 20.7. The van der Waals surface area contributed by atoms with Crippen molar-refractivity contribution in [2.75, 3.05) is 31.8 Å². The number of hydrogen-bond donors (Lipinski definition) is 1. The van der Waals surface area contributed by atoms with Crippen molar-refractivity contribution >= 4 is 22.4 Å². The van der Waals surface area contributed by atoms with Crippen molar-refractivity contribution in [2.45, 2.75) is 52.5 Å². The van der Waals surface area contributed by atoms with Crippen molar-refractivity contribution in [1.82, 2.24) is 14.8 Å². The van der Waals surface area contributed by atoms with Crippen molar-refractivity contribution in [3.63, 3.8) is 0 Å². The summed E-state index contributed by atoms with van der Waals surface area (Å²) >= 11 is 0. The number of Topliss-reactive ketones (excluding diaryl/α,β-unsaturated/α-hetero) is 1. The Hall–Kier alpha value is -3.13. The first-order chi connectivity index (χ1) is 16.3. The molecule has 1 aliphatic rings. The summed E-state index contributed by atoms with van der Waals surface area (Å²) in [4.78, 5) is 31.2. The van der Waals surface area contributed by atoms with Crippen molar-refractivity contribution in [3.05, 3.63) is 51.1 Å². The van der Waals surface area contributed by atoms with Crippen LogP contribution >= 0.6 is 0 Å². The lowest BCUT2D eigenvalue weighted by Crippen LogP contribution is -2.40. The van der Waals surface area contributed by atoms with Gasteiger partial charge in [0, 0.05) is 62.1 Å². The topological polar surface area (TPSA) is 89.5 Å². The third-order valence-electron chi connectivity index (χ3n) is 6.75. The Morgan fingerprint density at radius 3 is 2.71 bits per heavy atom. The summed E-state index contributed by atoms with van der Waals surface area (Å²) in [6.45, 7) is 8.29. The number of rotatable bonds is 8. The minimum absolute atomic E-state index is 0.00885. The molecule has 1 saturated heterocycles. The van der Waals surface area contributed by atoms with Crippen LogP contribution in [-0.2, 0) is 18.2 Å².